The minimum absolute atomic E-state index is 0.0181. The Morgan fingerprint density at radius 3 is 2.38 bits per heavy atom. The number of hydrogen-bond donors (Lipinski definition) is 2. The van der Waals surface area contributed by atoms with Gasteiger partial charge in [-0.25, -0.2) is 0 Å². The highest BCUT2D eigenvalue weighted by molar-refractivity contribution is 6.04. The van der Waals surface area contributed by atoms with Crippen LogP contribution in [0.5, 0.6) is 5.75 Å². The van der Waals surface area contributed by atoms with Crippen LogP contribution in [0.1, 0.15) is 80.1 Å². The molecule has 0 saturated carbocycles. The molecule has 11 heteroatoms. The first kappa shape index (κ1) is 37.1. The van der Waals surface area contributed by atoms with Crippen molar-refractivity contribution in [2.45, 2.75) is 58.4 Å². The summed E-state index contributed by atoms with van der Waals surface area (Å²) < 4.78 is 9.56. The zero-order chi connectivity index (χ0) is 38.6. The minimum Gasteiger partial charge on any atom is -0.493 e. The quantitative estimate of drug-likeness (QED) is 0.0997. The van der Waals surface area contributed by atoms with Crippen molar-refractivity contribution >= 4 is 46.8 Å². The van der Waals surface area contributed by atoms with E-state index in [1.54, 1.807) is 28.4 Å². The molecule has 1 saturated heterocycles. The van der Waals surface area contributed by atoms with E-state index in [-0.39, 0.29) is 42.4 Å². The molecule has 2 aliphatic heterocycles. The number of rotatable bonds is 12. The first-order chi connectivity index (χ1) is 26.5. The zero-order valence-electron chi connectivity index (χ0n) is 31.7. The first-order valence-corrected chi connectivity index (χ1v) is 18.8. The fourth-order valence-corrected chi connectivity index (χ4v) is 7.22. The standard InChI is InChI=1S/C44H46N6O5/c1-28-10-16-33(17-11-28)47-43(53)39-22-32(26-48(39)3)31-14-12-30(13-15-31)21-40(51)38-23-34(27-49(38)4)46-42(52)9-7-19-55-41-24-37-36(20-29(41)2)44(54)50-18-6-5-8-35(50)25-45-37/h10-17,20,22-27,35H,5-9,18-19,21H2,1-4H3,(H,46,52)(H,47,53)/t35-/m0/s1. The third-order valence-corrected chi connectivity index (χ3v) is 10.3. The summed E-state index contributed by atoms with van der Waals surface area (Å²) in [7, 11) is 3.63. The number of aryl methyl sites for hydroxylation is 4. The summed E-state index contributed by atoms with van der Waals surface area (Å²) in [5.41, 5.74) is 8.20. The van der Waals surface area contributed by atoms with Gasteiger partial charge in [0.15, 0.2) is 5.78 Å². The first-order valence-electron chi connectivity index (χ1n) is 18.8. The maximum atomic E-state index is 13.3. The van der Waals surface area contributed by atoms with Gasteiger partial charge >= 0.3 is 0 Å². The smallest absolute Gasteiger partial charge is 0.272 e. The van der Waals surface area contributed by atoms with Gasteiger partial charge < -0.3 is 29.4 Å². The molecule has 0 aliphatic carbocycles. The largest absolute Gasteiger partial charge is 0.493 e. The molecule has 7 rings (SSSR count). The highest BCUT2D eigenvalue weighted by Gasteiger charge is 2.30. The summed E-state index contributed by atoms with van der Waals surface area (Å²) in [6.45, 7) is 4.99. The second kappa shape index (κ2) is 16.0. The third-order valence-electron chi connectivity index (χ3n) is 10.3. The van der Waals surface area contributed by atoms with Gasteiger partial charge in [-0.05, 0) is 86.6 Å². The molecule has 3 amide bonds. The second-order valence-corrected chi connectivity index (χ2v) is 14.5. The Balaban J connectivity index is 0.891. The Hall–Kier alpha value is -6.23. The molecule has 0 bridgehead atoms. The highest BCUT2D eigenvalue weighted by Crippen LogP contribution is 2.34. The van der Waals surface area contributed by atoms with Crippen LogP contribution in [0.3, 0.4) is 0 Å². The molecule has 282 valence electrons. The summed E-state index contributed by atoms with van der Waals surface area (Å²) in [6, 6.07) is 22.7. The van der Waals surface area contributed by atoms with Crippen LogP contribution in [0.15, 0.2) is 90.2 Å². The number of hydrogen-bond acceptors (Lipinski definition) is 6. The number of nitrogens with zero attached hydrogens (tertiary/aromatic N) is 4. The predicted molar refractivity (Wildman–Crippen MR) is 215 cm³/mol. The van der Waals surface area contributed by atoms with Crippen LogP contribution in [0.2, 0.25) is 0 Å². The summed E-state index contributed by atoms with van der Waals surface area (Å²) >= 11 is 0. The van der Waals surface area contributed by atoms with Crippen LogP contribution in [0.25, 0.3) is 11.1 Å². The maximum absolute atomic E-state index is 13.3. The molecule has 11 nitrogen and oxygen atoms in total. The molecular weight excluding hydrogens is 693 g/mol. The normalized spacial score (nSPS) is 14.9. The van der Waals surface area contributed by atoms with Gasteiger partial charge in [0.1, 0.15) is 11.4 Å². The molecule has 2 aliphatic rings. The Morgan fingerprint density at radius 2 is 1.60 bits per heavy atom. The molecule has 0 spiro atoms. The lowest BCUT2D eigenvalue weighted by atomic mass is 10.0. The molecule has 0 unspecified atom stereocenters. The number of nitrogens with one attached hydrogen (secondary N) is 2. The fraction of sp³-hybridized carbons (Fsp3) is 0.295. The number of fused-ring (bicyclic) bond motifs is 2. The van der Waals surface area contributed by atoms with Crippen molar-refractivity contribution in [2.24, 2.45) is 19.1 Å². The van der Waals surface area contributed by atoms with Crippen LogP contribution in [0.4, 0.5) is 17.1 Å². The van der Waals surface area contributed by atoms with Gasteiger partial charge in [0.05, 0.1) is 35.3 Å². The molecule has 55 heavy (non-hydrogen) atoms. The molecule has 4 heterocycles. The number of carbonyl (C=O) groups excluding carboxylic acids is 4. The lowest BCUT2D eigenvalue weighted by molar-refractivity contribution is -0.116. The number of ether oxygens (including phenoxy) is 1. The lowest BCUT2D eigenvalue weighted by Crippen LogP contribution is -2.43. The number of aromatic nitrogens is 2. The van der Waals surface area contributed by atoms with Crippen molar-refractivity contribution in [3.05, 3.63) is 119 Å². The molecular formula is C44H46N6O5. The zero-order valence-corrected chi connectivity index (χ0v) is 31.7. The van der Waals surface area contributed by atoms with Gasteiger partial charge in [0, 0.05) is 69.4 Å². The van der Waals surface area contributed by atoms with E-state index >= 15 is 0 Å². The van der Waals surface area contributed by atoms with Gasteiger partial charge in [0.25, 0.3) is 11.8 Å². The summed E-state index contributed by atoms with van der Waals surface area (Å²) in [4.78, 5) is 58.9. The van der Waals surface area contributed by atoms with E-state index in [0.29, 0.717) is 47.1 Å². The number of carbonyl (C=O) groups is 4. The molecule has 2 aromatic heterocycles. The Morgan fingerprint density at radius 1 is 0.836 bits per heavy atom. The van der Waals surface area contributed by atoms with E-state index in [9.17, 15) is 19.2 Å². The summed E-state index contributed by atoms with van der Waals surface area (Å²) in [6.07, 6.45) is 9.48. The molecule has 0 radical (unpaired) electrons. The van der Waals surface area contributed by atoms with E-state index < -0.39 is 0 Å². The van der Waals surface area contributed by atoms with Gasteiger partial charge in [-0.1, -0.05) is 42.0 Å². The van der Waals surface area contributed by atoms with Crippen LogP contribution < -0.4 is 15.4 Å². The summed E-state index contributed by atoms with van der Waals surface area (Å²) in [5.74, 6) is 0.232. The van der Waals surface area contributed by atoms with Crippen LogP contribution in [-0.4, -0.2) is 62.9 Å². The van der Waals surface area contributed by atoms with Crippen molar-refractivity contribution in [3.8, 4) is 16.9 Å². The number of aliphatic imine (C=N–C) groups is 1. The van der Waals surface area contributed by atoms with Gasteiger partial charge in [-0.3, -0.25) is 24.2 Å². The number of amides is 3. The van der Waals surface area contributed by atoms with Crippen molar-refractivity contribution in [1.29, 1.82) is 0 Å². The molecule has 5 aromatic rings. The van der Waals surface area contributed by atoms with Gasteiger partial charge in [0.2, 0.25) is 5.91 Å². The third kappa shape index (κ3) is 8.46. The van der Waals surface area contributed by atoms with Crippen LogP contribution in [0, 0.1) is 13.8 Å². The van der Waals surface area contributed by atoms with Crippen LogP contribution >= 0.6 is 0 Å². The van der Waals surface area contributed by atoms with Crippen molar-refractivity contribution < 1.29 is 23.9 Å². The topological polar surface area (TPSA) is 127 Å². The number of Topliss-reactive ketones (excluding diaryl/α,β-unsaturated/α-hetero) is 1. The van der Waals surface area contributed by atoms with E-state index in [1.807, 2.05) is 105 Å². The van der Waals surface area contributed by atoms with Gasteiger partial charge in [-0.15, -0.1) is 0 Å². The predicted octanol–water partition coefficient (Wildman–Crippen LogP) is 7.83. The molecule has 3 aromatic carbocycles. The van der Waals surface area contributed by atoms with E-state index in [2.05, 4.69) is 15.6 Å². The Kier molecular flexibility index (Phi) is 10.8. The lowest BCUT2D eigenvalue weighted by Gasteiger charge is -2.32. The number of piperidine rings is 1. The highest BCUT2D eigenvalue weighted by atomic mass is 16.5. The fourth-order valence-electron chi connectivity index (χ4n) is 7.22. The molecule has 1 fully saturated rings. The number of ketones is 1. The minimum atomic E-state index is -0.190. The average molecular weight is 739 g/mol. The van der Waals surface area contributed by atoms with Crippen molar-refractivity contribution in [3.63, 3.8) is 0 Å². The monoisotopic (exact) mass is 738 g/mol. The maximum Gasteiger partial charge on any atom is 0.272 e. The van der Waals surface area contributed by atoms with Gasteiger partial charge in [-0.2, -0.15) is 0 Å². The molecule has 2 N–H and O–H groups in total. The Labute approximate surface area is 321 Å². The van der Waals surface area contributed by atoms with E-state index in [4.69, 9.17) is 4.74 Å². The van der Waals surface area contributed by atoms with E-state index in [1.165, 1.54) is 0 Å². The van der Waals surface area contributed by atoms with Crippen LogP contribution in [-0.2, 0) is 25.3 Å². The number of benzene rings is 3. The Bertz CT molecular complexity index is 2280. The number of anilines is 2. The average Bonchev–Trinajstić information content (AvgIpc) is 3.71. The second-order valence-electron chi connectivity index (χ2n) is 14.5. The van der Waals surface area contributed by atoms with Crippen molar-refractivity contribution in [2.75, 3.05) is 23.8 Å². The van der Waals surface area contributed by atoms with E-state index in [0.717, 1.165) is 59.3 Å². The SMILES string of the molecule is Cc1ccc(NC(=O)c2cc(-c3ccc(CC(=O)c4cc(NC(=O)CCCOc5cc6c(cc5C)C(=O)N5CCCC[C@H]5C=N6)cn4C)cc3)cn2C)cc1. The van der Waals surface area contributed by atoms with Crippen molar-refractivity contribution in [1.82, 2.24) is 14.0 Å². The summed E-state index contributed by atoms with van der Waals surface area (Å²) in [5, 5.41) is 5.85. The molecule has 1 atom stereocenters.